The van der Waals surface area contributed by atoms with E-state index in [4.69, 9.17) is 4.74 Å². The van der Waals surface area contributed by atoms with Gasteiger partial charge in [0.25, 0.3) is 5.69 Å². The third kappa shape index (κ3) is 3.17. The summed E-state index contributed by atoms with van der Waals surface area (Å²) in [6.45, 7) is 3.14. The van der Waals surface area contributed by atoms with Crippen LogP contribution in [0.3, 0.4) is 0 Å². The molecule has 0 aliphatic rings. The molecule has 0 saturated heterocycles. The van der Waals surface area contributed by atoms with Gasteiger partial charge in [-0.05, 0) is 37.6 Å². The Bertz CT molecular complexity index is 767. The number of hydrogen-bond acceptors (Lipinski definition) is 5. The average Bonchev–Trinajstić information content (AvgIpc) is 2.46. The van der Waals surface area contributed by atoms with E-state index < -0.39 is 10.9 Å². The number of aryl methyl sites for hydroxylation is 1. The van der Waals surface area contributed by atoms with Gasteiger partial charge >= 0.3 is 5.97 Å². The molecule has 0 N–H and O–H groups in total. The molecule has 0 heterocycles. The highest BCUT2D eigenvalue weighted by Crippen LogP contribution is 2.24. The van der Waals surface area contributed by atoms with Crippen molar-refractivity contribution in [3.05, 3.63) is 69.3 Å². The van der Waals surface area contributed by atoms with Crippen molar-refractivity contribution in [2.75, 3.05) is 0 Å². The Morgan fingerprint density at radius 2 is 1.77 bits per heavy atom. The average molecular weight is 299 g/mol. The highest BCUT2D eigenvalue weighted by Gasteiger charge is 2.22. The van der Waals surface area contributed by atoms with Crippen LogP contribution < -0.4 is 4.74 Å². The van der Waals surface area contributed by atoms with E-state index in [-0.39, 0.29) is 28.3 Å². The van der Waals surface area contributed by atoms with Crippen LogP contribution in [-0.2, 0) is 0 Å². The lowest BCUT2D eigenvalue weighted by molar-refractivity contribution is -0.385. The molecule has 2 rings (SSSR count). The molecular weight excluding hydrogens is 286 g/mol. The highest BCUT2D eigenvalue weighted by molar-refractivity contribution is 6.00. The molecule has 6 heteroatoms. The summed E-state index contributed by atoms with van der Waals surface area (Å²) in [5.74, 6) is -1.04. The highest BCUT2D eigenvalue weighted by atomic mass is 16.6. The van der Waals surface area contributed by atoms with Crippen LogP contribution in [-0.4, -0.2) is 16.7 Å². The third-order valence-electron chi connectivity index (χ3n) is 3.04. The zero-order valence-electron chi connectivity index (χ0n) is 12.0. The van der Waals surface area contributed by atoms with Crippen LogP contribution in [0.4, 0.5) is 5.69 Å². The number of rotatable bonds is 4. The van der Waals surface area contributed by atoms with Crippen molar-refractivity contribution in [1.82, 2.24) is 0 Å². The van der Waals surface area contributed by atoms with Gasteiger partial charge in [-0.1, -0.05) is 18.2 Å². The van der Waals surface area contributed by atoms with E-state index >= 15 is 0 Å². The summed E-state index contributed by atoms with van der Waals surface area (Å²) in [5, 5.41) is 11.0. The lowest BCUT2D eigenvalue weighted by Crippen LogP contribution is -2.13. The summed E-state index contributed by atoms with van der Waals surface area (Å²) in [6.07, 6.45) is 0. The smallest absolute Gasteiger partial charge is 0.350 e. The molecule has 22 heavy (non-hydrogen) atoms. The number of para-hydroxylation sites is 1. The topological polar surface area (TPSA) is 86.5 Å². The van der Waals surface area contributed by atoms with Crippen LogP contribution in [0, 0.1) is 17.0 Å². The van der Waals surface area contributed by atoms with Crippen molar-refractivity contribution in [2.24, 2.45) is 0 Å². The van der Waals surface area contributed by atoms with Crippen molar-refractivity contribution in [1.29, 1.82) is 0 Å². The second-order valence-electron chi connectivity index (χ2n) is 4.72. The van der Waals surface area contributed by atoms with Gasteiger partial charge in [0, 0.05) is 6.07 Å². The SMILES string of the molecule is CC(=O)c1ccc(C)cc1OC(=O)c1ccccc1[N+](=O)[O-]. The standard InChI is InChI=1S/C16H13NO5/c1-10-7-8-12(11(2)18)15(9-10)22-16(19)13-5-3-4-6-14(13)17(20)21/h3-9H,1-2H3. The van der Waals surface area contributed by atoms with Gasteiger partial charge < -0.3 is 4.74 Å². The molecule has 112 valence electrons. The molecule has 0 atom stereocenters. The van der Waals surface area contributed by atoms with Gasteiger partial charge in [-0.15, -0.1) is 0 Å². The minimum atomic E-state index is -0.875. The van der Waals surface area contributed by atoms with E-state index in [0.29, 0.717) is 0 Å². The molecule has 0 amide bonds. The number of hydrogen-bond donors (Lipinski definition) is 0. The fourth-order valence-corrected chi connectivity index (χ4v) is 1.97. The van der Waals surface area contributed by atoms with Crippen molar-refractivity contribution in [3.63, 3.8) is 0 Å². The van der Waals surface area contributed by atoms with Gasteiger partial charge in [0.2, 0.25) is 0 Å². The molecule has 0 saturated carbocycles. The maximum absolute atomic E-state index is 12.2. The van der Waals surface area contributed by atoms with E-state index in [2.05, 4.69) is 0 Å². The number of esters is 1. The normalized spacial score (nSPS) is 10.1. The molecular formula is C16H13NO5. The van der Waals surface area contributed by atoms with Crippen LogP contribution in [0.25, 0.3) is 0 Å². The Kier molecular flexibility index (Phi) is 4.31. The largest absolute Gasteiger partial charge is 0.422 e. The summed E-state index contributed by atoms with van der Waals surface area (Å²) in [6, 6.07) is 10.3. The number of carbonyl (C=O) groups excluding carboxylic acids is 2. The zero-order chi connectivity index (χ0) is 16.3. The maximum atomic E-state index is 12.2. The lowest BCUT2D eigenvalue weighted by Gasteiger charge is -2.09. The molecule has 0 spiro atoms. The molecule has 0 aliphatic carbocycles. The van der Waals surface area contributed by atoms with Crippen LogP contribution in [0.1, 0.15) is 33.2 Å². The van der Waals surface area contributed by atoms with Crippen molar-refractivity contribution >= 4 is 17.4 Å². The quantitative estimate of drug-likeness (QED) is 0.284. The summed E-state index contributed by atoms with van der Waals surface area (Å²) in [7, 11) is 0. The molecule has 0 radical (unpaired) electrons. The minimum Gasteiger partial charge on any atom is -0.422 e. The van der Waals surface area contributed by atoms with Gasteiger partial charge in [-0.3, -0.25) is 14.9 Å². The van der Waals surface area contributed by atoms with Gasteiger partial charge in [-0.25, -0.2) is 4.79 Å². The second kappa shape index (κ2) is 6.17. The first-order valence-corrected chi connectivity index (χ1v) is 6.47. The van der Waals surface area contributed by atoms with Gasteiger partial charge in [0.05, 0.1) is 10.5 Å². The minimum absolute atomic E-state index is 0.0932. The molecule has 2 aromatic carbocycles. The van der Waals surface area contributed by atoms with E-state index in [1.807, 2.05) is 0 Å². The zero-order valence-corrected chi connectivity index (χ0v) is 12.0. The number of benzene rings is 2. The summed E-state index contributed by atoms with van der Waals surface area (Å²) in [5.41, 5.74) is 0.543. The second-order valence-corrected chi connectivity index (χ2v) is 4.72. The monoisotopic (exact) mass is 299 g/mol. The number of nitro benzene ring substituents is 1. The summed E-state index contributed by atoms with van der Waals surface area (Å²) < 4.78 is 5.20. The Hall–Kier alpha value is -3.02. The Balaban J connectivity index is 2.40. The summed E-state index contributed by atoms with van der Waals surface area (Å²) in [4.78, 5) is 34.1. The maximum Gasteiger partial charge on any atom is 0.350 e. The van der Waals surface area contributed by atoms with Crippen molar-refractivity contribution < 1.29 is 19.2 Å². The Morgan fingerprint density at radius 1 is 1.09 bits per heavy atom. The van der Waals surface area contributed by atoms with E-state index in [0.717, 1.165) is 5.56 Å². The molecule has 0 aliphatic heterocycles. The molecule has 0 unspecified atom stereocenters. The van der Waals surface area contributed by atoms with Crippen LogP contribution in [0.15, 0.2) is 42.5 Å². The Labute approximate surface area is 126 Å². The van der Waals surface area contributed by atoms with Crippen LogP contribution in [0.5, 0.6) is 5.75 Å². The molecule has 2 aromatic rings. The first-order valence-electron chi connectivity index (χ1n) is 6.47. The van der Waals surface area contributed by atoms with Crippen LogP contribution >= 0.6 is 0 Å². The number of ketones is 1. The molecule has 0 aromatic heterocycles. The van der Waals surface area contributed by atoms with E-state index in [9.17, 15) is 19.7 Å². The molecule has 0 bridgehead atoms. The van der Waals surface area contributed by atoms with Gasteiger partial charge in [-0.2, -0.15) is 0 Å². The number of ether oxygens (including phenoxy) is 1. The van der Waals surface area contributed by atoms with Crippen molar-refractivity contribution in [3.8, 4) is 5.75 Å². The molecule has 0 fully saturated rings. The van der Waals surface area contributed by atoms with Gasteiger partial charge in [0.1, 0.15) is 11.3 Å². The number of Topliss-reactive ketones (excluding diaryl/α,β-unsaturated/α-hetero) is 1. The predicted molar refractivity (Wildman–Crippen MR) is 79.2 cm³/mol. The fraction of sp³-hybridized carbons (Fsp3) is 0.125. The van der Waals surface area contributed by atoms with Crippen LogP contribution in [0.2, 0.25) is 0 Å². The first-order chi connectivity index (χ1) is 10.4. The lowest BCUT2D eigenvalue weighted by atomic mass is 10.1. The number of nitro groups is 1. The number of carbonyl (C=O) groups is 2. The van der Waals surface area contributed by atoms with Gasteiger partial charge in [0.15, 0.2) is 5.78 Å². The number of nitrogens with zero attached hydrogens (tertiary/aromatic N) is 1. The fourth-order valence-electron chi connectivity index (χ4n) is 1.97. The third-order valence-corrected chi connectivity index (χ3v) is 3.04. The predicted octanol–water partition coefficient (Wildman–Crippen LogP) is 3.33. The Morgan fingerprint density at radius 3 is 2.41 bits per heavy atom. The summed E-state index contributed by atoms with van der Waals surface area (Å²) >= 11 is 0. The first kappa shape index (κ1) is 15.4. The van der Waals surface area contributed by atoms with E-state index in [1.165, 1.54) is 31.2 Å². The van der Waals surface area contributed by atoms with Crippen molar-refractivity contribution in [2.45, 2.75) is 13.8 Å². The molecule has 6 nitrogen and oxygen atoms in total. The van der Waals surface area contributed by atoms with E-state index in [1.54, 1.807) is 25.1 Å².